The Bertz CT molecular complexity index is 469. The zero-order valence-corrected chi connectivity index (χ0v) is 12.4. The van der Waals surface area contributed by atoms with Gasteiger partial charge in [-0.15, -0.1) is 0 Å². The van der Waals surface area contributed by atoms with Gasteiger partial charge in [0.15, 0.2) is 0 Å². The third-order valence-corrected chi connectivity index (χ3v) is 3.87. The molecule has 1 rings (SSSR count). The van der Waals surface area contributed by atoms with E-state index in [9.17, 15) is 8.42 Å². The van der Waals surface area contributed by atoms with Crippen molar-refractivity contribution in [1.82, 2.24) is 0 Å². The monoisotopic (exact) mass is 285 g/mol. The first-order chi connectivity index (χ1) is 8.79. The maximum Gasteiger partial charge on any atom is 0.209 e. The topological polar surface area (TPSA) is 69.4 Å². The number of ether oxygens (including phenoxy) is 1. The fraction of sp³-hybridized carbons (Fsp3) is 0.571. The summed E-state index contributed by atoms with van der Waals surface area (Å²) in [7, 11) is -3.45. The second kappa shape index (κ2) is 7.03. The second-order valence-corrected chi connectivity index (χ2v) is 7.23. The molecule has 4 nitrogen and oxygen atoms in total. The van der Waals surface area contributed by atoms with Gasteiger partial charge in [-0.25, -0.2) is 13.6 Å². The number of benzene rings is 1. The summed E-state index contributed by atoms with van der Waals surface area (Å²) in [6.07, 6.45) is 1.89. The molecule has 0 saturated carbocycles. The number of hydrogen-bond donors (Lipinski definition) is 1. The summed E-state index contributed by atoms with van der Waals surface area (Å²) in [4.78, 5) is 0. The van der Waals surface area contributed by atoms with Crippen molar-refractivity contribution in [2.45, 2.75) is 26.7 Å². The Hall–Kier alpha value is -0.910. The van der Waals surface area contributed by atoms with Gasteiger partial charge in [-0.05, 0) is 18.4 Å². The van der Waals surface area contributed by atoms with Crippen LogP contribution in [0.15, 0.2) is 30.3 Å². The molecule has 108 valence electrons. The van der Waals surface area contributed by atoms with Gasteiger partial charge in [-0.1, -0.05) is 44.2 Å². The van der Waals surface area contributed by atoms with Crippen LogP contribution in [-0.4, -0.2) is 27.4 Å². The van der Waals surface area contributed by atoms with Crippen LogP contribution in [0, 0.1) is 5.41 Å². The Morgan fingerprint density at radius 3 is 2.42 bits per heavy atom. The van der Waals surface area contributed by atoms with Crippen molar-refractivity contribution in [3.05, 3.63) is 35.9 Å². The molecule has 0 heterocycles. The number of hydrogen-bond acceptors (Lipinski definition) is 3. The highest BCUT2D eigenvalue weighted by atomic mass is 32.2. The predicted octanol–water partition coefficient (Wildman–Crippen LogP) is 1.95. The Labute approximate surface area is 116 Å². The zero-order valence-electron chi connectivity index (χ0n) is 11.6. The van der Waals surface area contributed by atoms with E-state index >= 15 is 0 Å². The molecule has 0 aliphatic rings. The lowest BCUT2D eigenvalue weighted by Gasteiger charge is -2.22. The number of rotatable bonds is 8. The number of aryl methyl sites for hydroxylation is 1. The van der Waals surface area contributed by atoms with E-state index in [0.29, 0.717) is 13.2 Å². The summed E-state index contributed by atoms with van der Waals surface area (Å²) in [5.41, 5.74) is 0.843. The molecule has 0 radical (unpaired) electrons. The van der Waals surface area contributed by atoms with E-state index in [2.05, 4.69) is 12.1 Å². The third kappa shape index (κ3) is 7.97. The molecule has 0 unspecified atom stereocenters. The smallest absolute Gasteiger partial charge is 0.209 e. The first-order valence-corrected chi connectivity index (χ1v) is 8.12. The lowest BCUT2D eigenvalue weighted by molar-refractivity contribution is 0.0712. The van der Waals surface area contributed by atoms with E-state index in [1.165, 1.54) is 5.56 Å². The third-order valence-electron chi connectivity index (χ3n) is 2.68. The summed E-state index contributed by atoms with van der Waals surface area (Å²) in [5.74, 6) is -0.0569. The van der Waals surface area contributed by atoms with Crippen LogP contribution >= 0.6 is 0 Å². The number of sulfonamides is 1. The summed E-state index contributed by atoms with van der Waals surface area (Å²) in [5, 5.41) is 5.04. The SMILES string of the molecule is CC(C)(COCCCc1ccccc1)CS(N)(=O)=O. The molecular formula is C14H23NO3S. The summed E-state index contributed by atoms with van der Waals surface area (Å²) >= 11 is 0. The van der Waals surface area contributed by atoms with Crippen molar-refractivity contribution in [2.75, 3.05) is 19.0 Å². The molecule has 2 N–H and O–H groups in total. The summed E-state index contributed by atoms with van der Waals surface area (Å²) in [6.45, 7) is 4.71. The molecule has 0 aromatic heterocycles. The van der Waals surface area contributed by atoms with E-state index in [1.54, 1.807) is 0 Å². The number of primary sulfonamides is 1. The highest BCUT2D eigenvalue weighted by molar-refractivity contribution is 7.89. The molecule has 19 heavy (non-hydrogen) atoms. The first kappa shape index (κ1) is 16.1. The molecule has 0 amide bonds. The summed E-state index contributed by atoms with van der Waals surface area (Å²) < 4.78 is 27.6. The fourth-order valence-electron chi connectivity index (χ4n) is 1.96. The predicted molar refractivity (Wildman–Crippen MR) is 77.3 cm³/mol. The van der Waals surface area contributed by atoms with Crippen LogP contribution in [0.2, 0.25) is 0 Å². The molecule has 0 spiro atoms. The molecule has 1 aromatic carbocycles. The Morgan fingerprint density at radius 2 is 1.84 bits per heavy atom. The molecule has 1 aromatic rings. The van der Waals surface area contributed by atoms with Crippen LogP contribution in [0.25, 0.3) is 0 Å². The van der Waals surface area contributed by atoms with E-state index in [0.717, 1.165) is 12.8 Å². The molecule has 0 fully saturated rings. The Balaban J connectivity index is 2.20. The molecule has 0 saturated heterocycles. The fourth-order valence-corrected chi connectivity index (χ4v) is 3.13. The summed E-state index contributed by atoms with van der Waals surface area (Å²) in [6, 6.07) is 10.2. The van der Waals surface area contributed by atoms with Gasteiger partial charge in [0.05, 0.1) is 12.4 Å². The average molecular weight is 285 g/mol. The minimum Gasteiger partial charge on any atom is -0.381 e. The molecule has 0 bridgehead atoms. The molecule has 5 heteroatoms. The lowest BCUT2D eigenvalue weighted by Crippen LogP contribution is -2.32. The molecule has 0 aliphatic heterocycles. The highest BCUT2D eigenvalue weighted by Crippen LogP contribution is 2.17. The van der Waals surface area contributed by atoms with Gasteiger partial charge in [0.1, 0.15) is 0 Å². The maximum atomic E-state index is 11.0. The highest BCUT2D eigenvalue weighted by Gasteiger charge is 2.24. The van der Waals surface area contributed by atoms with Crippen molar-refractivity contribution in [3.8, 4) is 0 Å². The van der Waals surface area contributed by atoms with Crippen molar-refractivity contribution >= 4 is 10.0 Å². The van der Waals surface area contributed by atoms with Crippen molar-refractivity contribution in [2.24, 2.45) is 10.6 Å². The van der Waals surface area contributed by atoms with Gasteiger partial charge in [0.2, 0.25) is 10.0 Å². The van der Waals surface area contributed by atoms with E-state index in [1.807, 2.05) is 32.0 Å². The molecule has 0 aliphatic carbocycles. The van der Waals surface area contributed by atoms with E-state index in [4.69, 9.17) is 9.88 Å². The molecular weight excluding hydrogens is 262 g/mol. The number of nitrogens with two attached hydrogens (primary N) is 1. The van der Waals surface area contributed by atoms with Crippen LogP contribution in [-0.2, 0) is 21.2 Å². The van der Waals surface area contributed by atoms with Gasteiger partial charge >= 0.3 is 0 Å². The normalized spacial score (nSPS) is 12.6. The van der Waals surface area contributed by atoms with Gasteiger partial charge in [0, 0.05) is 12.0 Å². The van der Waals surface area contributed by atoms with E-state index in [-0.39, 0.29) is 5.75 Å². The Kier molecular flexibility index (Phi) is 5.97. The maximum absolute atomic E-state index is 11.0. The van der Waals surface area contributed by atoms with Gasteiger partial charge < -0.3 is 4.74 Å². The van der Waals surface area contributed by atoms with E-state index < -0.39 is 15.4 Å². The largest absolute Gasteiger partial charge is 0.381 e. The Morgan fingerprint density at radius 1 is 1.21 bits per heavy atom. The van der Waals surface area contributed by atoms with Crippen LogP contribution < -0.4 is 5.14 Å². The molecule has 0 atom stereocenters. The van der Waals surface area contributed by atoms with Gasteiger partial charge in [-0.3, -0.25) is 0 Å². The quantitative estimate of drug-likeness (QED) is 0.742. The van der Waals surface area contributed by atoms with Crippen molar-refractivity contribution < 1.29 is 13.2 Å². The van der Waals surface area contributed by atoms with Crippen LogP contribution in [0.3, 0.4) is 0 Å². The van der Waals surface area contributed by atoms with Crippen LogP contribution in [0.5, 0.6) is 0 Å². The van der Waals surface area contributed by atoms with Crippen molar-refractivity contribution in [1.29, 1.82) is 0 Å². The standard InChI is InChI=1S/C14H23NO3S/c1-14(2,12-19(15,16)17)11-18-10-6-9-13-7-4-3-5-8-13/h3-5,7-8H,6,9-12H2,1-2H3,(H2,15,16,17). The minimum absolute atomic E-state index is 0.0569. The van der Waals surface area contributed by atoms with Crippen molar-refractivity contribution in [3.63, 3.8) is 0 Å². The zero-order chi connectivity index (χ0) is 14.4. The van der Waals surface area contributed by atoms with Gasteiger partial charge in [-0.2, -0.15) is 0 Å². The lowest BCUT2D eigenvalue weighted by atomic mass is 9.98. The van der Waals surface area contributed by atoms with Gasteiger partial charge in [0.25, 0.3) is 0 Å². The first-order valence-electron chi connectivity index (χ1n) is 6.41. The second-order valence-electron chi connectivity index (χ2n) is 5.61. The minimum atomic E-state index is -3.45. The van der Waals surface area contributed by atoms with Crippen LogP contribution in [0.1, 0.15) is 25.8 Å². The average Bonchev–Trinajstić information content (AvgIpc) is 2.26. The van der Waals surface area contributed by atoms with Crippen LogP contribution in [0.4, 0.5) is 0 Å².